The molecule has 0 aliphatic carbocycles. The van der Waals surface area contributed by atoms with E-state index in [0.717, 1.165) is 6.20 Å². The van der Waals surface area contributed by atoms with Gasteiger partial charge in [-0.15, -0.1) is 0 Å². The maximum atomic E-state index is 12.5. The van der Waals surface area contributed by atoms with Crippen molar-refractivity contribution in [3.05, 3.63) is 16.9 Å². The van der Waals surface area contributed by atoms with Gasteiger partial charge in [-0.25, -0.2) is 22.2 Å². The maximum Gasteiger partial charge on any atom is 0.281 e. The molecule has 0 amide bonds. The number of pyridine rings is 1. The van der Waals surface area contributed by atoms with Crippen LogP contribution in [0.5, 0.6) is 5.75 Å². The van der Waals surface area contributed by atoms with E-state index in [9.17, 15) is 17.2 Å². The van der Waals surface area contributed by atoms with Crippen molar-refractivity contribution in [3.8, 4) is 5.75 Å². The normalized spacial score (nSPS) is 11.9. The minimum Gasteiger partial charge on any atom is -0.494 e. The molecule has 0 aromatic carbocycles. The maximum absolute atomic E-state index is 12.5. The summed E-state index contributed by atoms with van der Waals surface area (Å²) >= 11 is 5.58. The monoisotopic (exact) mass is 291 g/mol. The second-order valence-corrected chi connectivity index (χ2v) is 5.47. The molecule has 0 spiro atoms. The summed E-state index contributed by atoms with van der Waals surface area (Å²) in [5, 5.41) is -0.511. The second-order valence-electron chi connectivity index (χ2n) is 2.59. The Bertz CT molecular complexity index is 507. The summed E-state index contributed by atoms with van der Waals surface area (Å²) in [6, 6.07) is 0. The van der Waals surface area contributed by atoms with Crippen LogP contribution in [0.25, 0.3) is 0 Å². The fourth-order valence-electron chi connectivity index (χ4n) is 0.997. The van der Waals surface area contributed by atoms with Gasteiger partial charge in [0.15, 0.2) is 5.75 Å². The van der Waals surface area contributed by atoms with Crippen LogP contribution >= 0.6 is 22.3 Å². The molecule has 1 aromatic rings. The van der Waals surface area contributed by atoms with Gasteiger partial charge in [0.05, 0.1) is 13.3 Å². The molecule has 0 atom stereocenters. The highest BCUT2D eigenvalue weighted by Gasteiger charge is 2.28. The van der Waals surface area contributed by atoms with Crippen LogP contribution in [0.2, 0.25) is 5.02 Å². The average molecular weight is 292 g/mol. The van der Waals surface area contributed by atoms with Crippen molar-refractivity contribution in [2.45, 2.75) is 11.3 Å². The van der Waals surface area contributed by atoms with Crippen LogP contribution in [-0.4, -0.2) is 20.5 Å². The van der Waals surface area contributed by atoms with Crippen LogP contribution in [0.3, 0.4) is 0 Å². The first-order valence-corrected chi connectivity index (χ1v) is 6.43. The first-order valence-electron chi connectivity index (χ1n) is 3.74. The van der Waals surface area contributed by atoms with Gasteiger partial charge in [-0.05, 0) is 0 Å². The van der Waals surface area contributed by atoms with Crippen molar-refractivity contribution in [1.82, 2.24) is 4.98 Å². The molecule has 0 radical (unpaired) electrons. The zero-order chi connectivity index (χ0) is 12.5. The number of ether oxygens (including phenoxy) is 1. The Balaban J connectivity index is 3.63. The molecule has 0 aliphatic heterocycles. The van der Waals surface area contributed by atoms with Crippen molar-refractivity contribution in [1.29, 1.82) is 0 Å². The third kappa shape index (κ3) is 2.53. The predicted molar refractivity (Wildman–Crippen MR) is 53.8 cm³/mol. The van der Waals surface area contributed by atoms with E-state index >= 15 is 0 Å². The van der Waals surface area contributed by atoms with Gasteiger partial charge in [0, 0.05) is 10.7 Å². The van der Waals surface area contributed by atoms with Crippen molar-refractivity contribution in [3.63, 3.8) is 0 Å². The lowest BCUT2D eigenvalue weighted by Crippen LogP contribution is -2.04. The van der Waals surface area contributed by atoms with Crippen LogP contribution in [0, 0.1) is 0 Å². The summed E-state index contributed by atoms with van der Waals surface area (Å²) in [6.07, 6.45) is -2.21. The highest BCUT2D eigenvalue weighted by molar-refractivity contribution is 8.13. The van der Waals surface area contributed by atoms with Crippen LogP contribution < -0.4 is 4.74 Å². The molecule has 0 saturated heterocycles. The van der Waals surface area contributed by atoms with Crippen LogP contribution in [0.4, 0.5) is 8.78 Å². The third-order valence-corrected chi connectivity index (χ3v) is 3.49. The molecule has 0 saturated carbocycles. The van der Waals surface area contributed by atoms with Crippen molar-refractivity contribution in [2.75, 3.05) is 7.11 Å². The van der Waals surface area contributed by atoms with Gasteiger partial charge < -0.3 is 4.74 Å². The molecular weight excluding hydrogens is 287 g/mol. The molecule has 0 bridgehead atoms. The molecule has 4 nitrogen and oxygen atoms in total. The Hall–Kier alpha value is -0.660. The van der Waals surface area contributed by atoms with E-state index in [-0.39, 0.29) is 5.75 Å². The van der Waals surface area contributed by atoms with E-state index in [4.69, 9.17) is 22.3 Å². The molecule has 1 heterocycles. The lowest BCUT2D eigenvalue weighted by atomic mass is 10.3. The number of nitrogens with zero attached hydrogens (tertiary/aromatic N) is 1. The number of hydrogen-bond donors (Lipinski definition) is 0. The molecule has 0 fully saturated rings. The summed E-state index contributed by atoms with van der Waals surface area (Å²) in [5.74, 6) is -0.148. The number of halogens is 4. The summed E-state index contributed by atoms with van der Waals surface area (Å²) in [6.45, 7) is 0. The van der Waals surface area contributed by atoms with Gasteiger partial charge in [0.25, 0.3) is 15.5 Å². The van der Waals surface area contributed by atoms with Crippen molar-refractivity contribution < 1.29 is 21.9 Å². The highest BCUT2D eigenvalue weighted by atomic mass is 35.7. The average Bonchev–Trinajstić information content (AvgIpc) is 2.14. The summed E-state index contributed by atoms with van der Waals surface area (Å²) in [7, 11) is 1.77. The fourth-order valence-corrected chi connectivity index (χ4v) is 2.82. The van der Waals surface area contributed by atoms with Gasteiger partial charge in [-0.3, -0.25) is 0 Å². The number of methoxy groups -OCH3 is 1. The molecule has 0 N–H and O–H groups in total. The van der Waals surface area contributed by atoms with Gasteiger partial charge in [0.1, 0.15) is 15.6 Å². The minimum atomic E-state index is -4.42. The molecule has 9 heteroatoms. The van der Waals surface area contributed by atoms with E-state index in [1.807, 2.05) is 0 Å². The molecule has 0 unspecified atom stereocenters. The van der Waals surface area contributed by atoms with Gasteiger partial charge in [0.2, 0.25) is 0 Å². The Morgan fingerprint density at radius 1 is 1.50 bits per heavy atom. The first-order chi connectivity index (χ1) is 7.29. The highest BCUT2D eigenvalue weighted by Crippen LogP contribution is 2.37. The number of rotatable bonds is 3. The van der Waals surface area contributed by atoms with Gasteiger partial charge in [-0.1, -0.05) is 11.6 Å². The topological polar surface area (TPSA) is 56.3 Å². The Kier molecular flexibility index (Phi) is 3.92. The molecule has 1 rings (SSSR count). The largest absolute Gasteiger partial charge is 0.494 e. The smallest absolute Gasteiger partial charge is 0.281 e. The fraction of sp³-hybridized carbons (Fsp3) is 0.286. The number of alkyl halides is 2. The predicted octanol–water partition coefficient (Wildman–Crippen LogP) is 2.61. The van der Waals surface area contributed by atoms with Crippen LogP contribution in [-0.2, 0) is 9.05 Å². The van der Waals surface area contributed by atoms with Crippen LogP contribution in [0.15, 0.2) is 11.1 Å². The van der Waals surface area contributed by atoms with E-state index in [0.29, 0.717) is 0 Å². The number of hydrogen-bond acceptors (Lipinski definition) is 4. The zero-order valence-electron chi connectivity index (χ0n) is 7.75. The minimum absolute atomic E-state index is 0.148. The summed E-state index contributed by atoms with van der Waals surface area (Å²) < 4.78 is 51.8. The Morgan fingerprint density at radius 3 is 2.44 bits per heavy atom. The Labute approximate surface area is 99.6 Å². The first kappa shape index (κ1) is 13.4. The second kappa shape index (κ2) is 4.68. The van der Waals surface area contributed by atoms with Crippen LogP contribution in [0.1, 0.15) is 12.1 Å². The van der Waals surface area contributed by atoms with Crippen molar-refractivity contribution in [2.24, 2.45) is 0 Å². The molecule has 90 valence electrons. The number of aromatic nitrogens is 1. The van der Waals surface area contributed by atoms with Gasteiger partial charge in [-0.2, -0.15) is 0 Å². The quantitative estimate of drug-likeness (QED) is 0.803. The lowest BCUT2D eigenvalue weighted by molar-refractivity contribution is 0.142. The SMILES string of the molecule is COc1cnc(C(F)F)c(S(=O)(=O)Cl)c1Cl. The third-order valence-electron chi connectivity index (χ3n) is 1.64. The molecular formula is C7H5Cl2F2NO3S. The molecule has 0 aliphatic rings. The zero-order valence-corrected chi connectivity index (χ0v) is 10.1. The van der Waals surface area contributed by atoms with Gasteiger partial charge >= 0.3 is 0 Å². The van der Waals surface area contributed by atoms with E-state index in [1.54, 1.807) is 0 Å². The summed E-state index contributed by atoms with van der Waals surface area (Å²) in [5.41, 5.74) is -0.999. The van der Waals surface area contributed by atoms with E-state index < -0.39 is 31.1 Å². The molecule has 16 heavy (non-hydrogen) atoms. The van der Waals surface area contributed by atoms with E-state index in [2.05, 4.69) is 9.72 Å². The van der Waals surface area contributed by atoms with E-state index in [1.165, 1.54) is 7.11 Å². The summed E-state index contributed by atoms with van der Waals surface area (Å²) in [4.78, 5) is 2.33. The lowest BCUT2D eigenvalue weighted by Gasteiger charge is -2.09. The van der Waals surface area contributed by atoms with Crippen molar-refractivity contribution >= 4 is 31.3 Å². The Morgan fingerprint density at radius 2 is 2.06 bits per heavy atom. The molecule has 1 aromatic heterocycles. The standard InChI is InChI=1S/C7H5Cl2F2NO3S/c1-15-3-2-12-5(7(10)11)6(4(3)8)16(9,13)14/h2,7H,1H3.